The first-order valence-corrected chi connectivity index (χ1v) is 4.49. The summed E-state index contributed by atoms with van der Waals surface area (Å²) in [7, 11) is 3.55. The molecule has 0 aliphatic carbocycles. The molecule has 0 saturated heterocycles. The van der Waals surface area contributed by atoms with E-state index in [0.29, 0.717) is 12.5 Å². The van der Waals surface area contributed by atoms with Crippen molar-refractivity contribution in [2.75, 3.05) is 30.9 Å². The Morgan fingerprint density at radius 3 is 2.73 bits per heavy atom. The Kier molecular flexibility index (Phi) is 3.37. The van der Waals surface area contributed by atoms with Crippen LogP contribution in [0.25, 0.3) is 0 Å². The van der Waals surface area contributed by atoms with E-state index in [0.717, 1.165) is 0 Å². The maximum atomic E-state index is 10.6. The van der Waals surface area contributed by atoms with E-state index >= 15 is 0 Å². The van der Waals surface area contributed by atoms with Gasteiger partial charge in [0.25, 0.3) is 0 Å². The third-order valence-electron chi connectivity index (χ3n) is 1.70. The van der Waals surface area contributed by atoms with Crippen molar-refractivity contribution in [1.82, 2.24) is 9.97 Å². The van der Waals surface area contributed by atoms with Crippen LogP contribution in [0.5, 0.6) is 0 Å². The zero-order chi connectivity index (χ0) is 11.4. The summed E-state index contributed by atoms with van der Waals surface area (Å²) in [4.78, 5) is 19.8. The molecule has 1 heterocycles. The first-order valence-electron chi connectivity index (χ1n) is 4.49. The van der Waals surface area contributed by atoms with Gasteiger partial charge in [-0.2, -0.15) is 4.98 Å². The molecule has 15 heavy (non-hydrogen) atoms. The molecule has 7 heteroatoms. The zero-order valence-corrected chi connectivity index (χ0v) is 8.89. The van der Waals surface area contributed by atoms with Gasteiger partial charge in [-0.3, -0.25) is 10.1 Å². The molecule has 1 rings (SSSR count). The molecular formula is C8H13N5O2. The summed E-state index contributed by atoms with van der Waals surface area (Å²) in [6, 6.07) is 0. The largest absolute Gasteiger partial charge is 0.364 e. The number of nitrogens with one attached hydrogen (secondary N) is 1. The van der Waals surface area contributed by atoms with E-state index in [1.807, 2.05) is 6.92 Å². The van der Waals surface area contributed by atoms with E-state index in [1.54, 1.807) is 19.0 Å². The summed E-state index contributed by atoms with van der Waals surface area (Å²) in [6.45, 7) is 2.42. The second-order valence-corrected chi connectivity index (χ2v) is 3.09. The normalized spacial score (nSPS) is 9.80. The minimum Gasteiger partial charge on any atom is -0.364 e. The van der Waals surface area contributed by atoms with Crippen LogP contribution in [0.1, 0.15) is 6.92 Å². The Morgan fingerprint density at radius 2 is 2.27 bits per heavy atom. The van der Waals surface area contributed by atoms with Crippen LogP contribution >= 0.6 is 0 Å². The van der Waals surface area contributed by atoms with Crippen molar-refractivity contribution < 1.29 is 4.92 Å². The molecule has 7 nitrogen and oxygen atoms in total. The third-order valence-corrected chi connectivity index (χ3v) is 1.70. The van der Waals surface area contributed by atoms with Crippen molar-refractivity contribution in [2.24, 2.45) is 0 Å². The van der Waals surface area contributed by atoms with E-state index in [4.69, 9.17) is 0 Å². The van der Waals surface area contributed by atoms with Crippen LogP contribution in [0.15, 0.2) is 6.20 Å². The zero-order valence-electron chi connectivity index (χ0n) is 8.89. The van der Waals surface area contributed by atoms with Gasteiger partial charge >= 0.3 is 5.69 Å². The van der Waals surface area contributed by atoms with E-state index in [1.165, 1.54) is 6.20 Å². The minimum absolute atomic E-state index is 0.109. The van der Waals surface area contributed by atoms with Crippen LogP contribution in [0, 0.1) is 10.1 Å². The summed E-state index contributed by atoms with van der Waals surface area (Å²) in [5, 5.41) is 13.5. The predicted octanol–water partition coefficient (Wildman–Crippen LogP) is 0.883. The lowest BCUT2D eigenvalue weighted by molar-refractivity contribution is -0.384. The molecule has 1 N–H and O–H groups in total. The number of nitrogens with zero attached hydrogens (tertiary/aromatic N) is 4. The molecule has 0 atom stereocenters. The van der Waals surface area contributed by atoms with E-state index in [9.17, 15) is 10.1 Å². The number of hydrogen-bond donors (Lipinski definition) is 1. The van der Waals surface area contributed by atoms with Crippen molar-refractivity contribution in [3.63, 3.8) is 0 Å². The highest BCUT2D eigenvalue weighted by atomic mass is 16.6. The molecule has 0 saturated carbocycles. The monoisotopic (exact) mass is 211 g/mol. The third kappa shape index (κ3) is 2.52. The van der Waals surface area contributed by atoms with Gasteiger partial charge in [-0.25, -0.2) is 4.98 Å². The molecule has 0 bridgehead atoms. The SMILES string of the molecule is CCNc1nc(N(C)C)ncc1[N+](=O)[O-]. The standard InChI is InChI=1S/C8H13N5O2/c1-4-9-7-6(13(14)15)5-10-8(11-7)12(2)3/h5H,4H2,1-3H3,(H,9,10,11). The highest BCUT2D eigenvalue weighted by molar-refractivity contribution is 5.57. The summed E-state index contributed by atoms with van der Waals surface area (Å²) < 4.78 is 0. The molecule has 0 amide bonds. The molecule has 0 unspecified atom stereocenters. The second kappa shape index (κ2) is 4.54. The highest BCUT2D eigenvalue weighted by Gasteiger charge is 2.16. The highest BCUT2D eigenvalue weighted by Crippen LogP contribution is 2.22. The number of rotatable bonds is 4. The molecule has 0 radical (unpaired) electrons. The van der Waals surface area contributed by atoms with Gasteiger partial charge in [0.15, 0.2) is 0 Å². The van der Waals surface area contributed by atoms with Crippen LogP contribution in [0.3, 0.4) is 0 Å². The lowest BCUT2D eigenvalue weighted by atomic mass is 10.4. The van der Waals surface area contributed by atoms with Gasteiger partial charge in [-0.1, -0.05) is 0 Å². The average molecular weight is 211 g/mol. The van der Waals surface area contributed by atoms with Crippen molar-refractivity contribution in [3.05, 3.63) is 16.3 Å². The smallest absolute Gasteiger partial charge is 0.329 e. The minimum atomic E-state index is -0.503. The van der Waals surface area contributed by atoms with Crippen LogP contribution in [-0.4, -0.2) is 35.5 Å². The van der Waals surface area contributed by atoms with E-state index < -0.39 is 4.92 Å². The molecule has 82 valence electrons. The Labute approximate surface area is 87.3 Å². The van der Waals surface area contributed by atoms with Crippen LogP contribution in [0.2, 0.25) is 0 Å². The van der Waals surface area contributed by atoms with Crippen molar-refractivity contribution in [2.45, 2.75) is 6.92 Å². The van der Waals surface area contributed by atoms with Gasteiger partial charge < -0.3 is 10.2 Å². The van der Waals surface area contributed by atoms with Crippen molar-refractivity contribution in [3.8, 4) is 0 Å². The maximum absolute atomic E-state index is 10.6. The summed E-state index contributed by atoms with van der Waals surface area (Å²) >= 11 is 0. The van der Waals surface area contributed by atoms with E-state index in [2.05, 4.69) is 15.3 Å². The molecule has 1 aromatic heterocycles. The Balaban J connectivity index is 3.14. The lowest BCUT2D eigenvalue weighted by Gasteiger charge is -2.11. The molecule has 0 aliphatic rings. The number of nitro groups is 1. The molecule has 0 fully saturated rings. The van der Waals surface area contributed by atoms with Crippen molar-refractivity contribution in [1.29, 1.82) is 0 Å². The summed E-state index contributed by atoms with van der Waals surface area (Å²) in [5.74, 6) is 0.692. The fourth-order valence-corrected chi connectivity index (χ4v) is 1.01. The van der Waals surface area contributed by atoms with Crippen LogP contribution < -0.4 is 10.2 Å². The van der Waals surface area contributed by atoms with Gasteiger partial charge in [0.2, 0.25) is 11.8 Å². The number of aromatic nitrogens is 2. The Hall–Kier alpha value is -1.92. The quantitative estimate of drug-likeness (QED) is 0.588. The number of hydrogen-bond acceptors (Lipinski definition) is 6. The van der Waals surface area contributed by atoms with E-state index in [-0.39, 0.29) is 11.5 Å². The van der Waals surface area contributed by atoms with Gasteiger partial charge in [0.1, 0.15) is 6.20 Å². The van der Waals surface area contributed by atoms with Crippen LogP contribution in [0.4, 0.5) is 17.5 Å². The fourth-order valence-electron chi connectivity index (χ4n) is 1.01. The molecular weight excluding hydrogens is 198 g/mol. The Morgan fingerprint density at radius 1 is 1.60 bits per heavy atom. The van der Waals surface area contributed by atoms with Gasteiger partial charge in [0, 0.05) is 20.6 Å². The molecule has 0 spiro atoms. The second-order valence-electron chi connectivity index (χ2n) is 3.09. The fraction of sp³-hybridized carbons (Fsp3) is 0.500. The molecule has 0 aromatic carbocycles. The maximum Gasteiger partial charge on any atom is 0.329 e. The lowest BCUT2D eigenvalue weighted by Crippen LogP contribution is -2.14. The first kappa shape index (κ1) is 11.2. The topological polar surface area (TPSA) is 84.2 Å². The van der Waals surface area contributed by atoms with Gasteiger partial charge in [-0.05, 0) is 6.92 Å². The van der Waals surface area contributed by atoms with Gasteiger partial charge in [0.05, 0.1) is 4.92 Å². The average Bonchev–Trinajstić information content (AvgIpc) is 2.17. The van der Waals surface area contributed by atoms with Crippen LogP contribution in [-0.2, 0) is 0 Å². The Bertz CT molecular complexity index is 366. The number of anilines is 2. The summed E-state index contributed by atoms with van der Waals surface area (Å²) in [6.07, 6.45) is 1.21. The first-order chi connectivity index (χ1) is 7.06. The van der Waals surface area contributed by atoms with Crippen molar-refractivity contribution >= 4 is 17.5 Å². The molecule has 1 aromatic rings. The predicted molar refractivity (Wildman–Crippen MR) is 57.2 cm³/mol. The molecule has 0 aliphatic heterocycles. The van der Waals surface area contributed by atoms with Gasteiger partial charge in [-0.15, -0.1) is 0 Å². The summed E-state index contributed by atoms with van der Waals surface area (Å²) in [5.41, 5.74) is -0.109.